The van der Waals surface area contributed by atoms with E-state index in [9.17, 15) is 0 Å². The van der Waals surface area contributed by atoms with Crippen molar-refractivity contribution in [3.8, 4) is 11.3 Å². The molecular weight excluding hydrogens is 234 g/mol. The zero-order valence-corrected chi connectivity index (χ0v) is 12.1. The standard InChI is InChI=1S/C16H21N3/c1-11-7-5-6-8-13(11)14-9-12(2)18-15(19-14)10-16(3,4)17/h5-9H,10,17H2,1-4H3. The topological polar surface area (TPSA) is 51.8 Å². The lowest BCUT2D eigenvalue weighted by molar-refractivity contribution is 0.502. The third-order valence-electron chi connectivity index (χ3n) is 2.94. The van der Waals surface area contributed by atoms with Crippen molar-refractivity contribution in [2.45, 2.75) is 39.7 Å². The number of nitrogens with two attached hydrogens (primary N) is 1. The van der Waals surface area contributed by atoms with Crippen molar-refractivity contribution < 1.29 is 0 Å². The normalized spacial score (nSPS) is 11.6. The van der Waals surface area contributed by atoms with Crippen LogP contribution in [0.3, 0.4) is 0 Å². The van der Waals surface area contributed by atoms with Crippen molar-refractivity contribution in [3.63, 3.8) is 0 Å². The molecule has 19 heavy (non-hydrogen) atoms. The van der Waals surface area contributed by atoms with Crippen LogP contribution in [0.25, 0.3) is 11.3 Å². The Labute approximate surface area is 114 Å². The fourth-order valence-electron chi connectivity index (χ4n) is 2.11. The minimum atomic E-state index is -0.295. The molecule has 0 bridgehead atoms. The summed E-state index contributed by atoms with van der Waals surface area (Å²) in [4.78, 5) is 9.14. The number of hydrogen-bond acceptors (Lipinski definition) is 3. The van der Waals surface area contributed by atoms with E-state index in [1.165, 1.54) is 5.56 Å². The molecule has 0 aliphatic rings. The molecule has 0 amide bonds. The van der Waals surface area contributed by atoms with Gasteiger partial charge in [-0.3, -0.25) is 0 Å². The van der Waals surface area contributed by atoms with E-state index >= 15 is 0 Å². The predicted molar refractivity (Wildman–Crippen MR) is 78.9 cm³/mol. The van der Waals surface area contributed by atoms with Gasteiger partial charge in [-0.05, 0) is 39.3 Å². The van der Waals surface area contributed by atoms with Gasteiger partial charge in [-0.2, -0.15) is 0 Å². The van der Waals surface area contributed by atoms with Gasteiger partial charge < -0.3 is 5.73 Å². The average Bonchev–Trinajstić information content (AvgIpc) is 2.26. The van der Waals surface area contributed by atoms with Crippen molar-refractivity contribution in [3.05, 3.63) is 47.4 Å². The molecule has 0 saturated heterocycles. The second-order valence-corrected chi connectivity index (χ2v) is 5.79. The fourth-order valence-corrected chi connectivity index (χ4v) is 2.11. The predicted octanol–water partition coefficient (Wildman–Crippen LogP) is 3.04. The SMILES string of the molecule is Cc1cc(-c2ccccc2C)nc(CC(C)(C)N)n1. The number of hydrogen-bond donors (Lipinski definition) is 1. The summed E-state index contributed by atoms with van der Waals surface area (Å²) in [6.45, 7) is 8.08. The highest BCUT2D eigenvalue weighted by atomic mass is 14.9. The van der Waals surface area contributed by atoms with E-state index in [0.29, 0.717) is 6.42 Å². The van der Waals surface area contributed by atoms with Gasteiger partial charge >= 0.3 is 0 Å². The Hall–Kier alpha value is -1.74. The highest BCUT2D eigenvalue weighted by Gasteiger charge is 2.15. The van der Waals surface area contributed by atoms with Gasteiger partial charge in [0.2, 0.25) is 0 Å². The summed E-state index contributed by atoms with van der Waals surface area (Å²) >= 11 is 0. The smallest absolute Gasteiger partial charge is 0.131 e. The van der Waals surface area contributed by atoms with Crippen LogP contribution in [0.2, 0.25) is 0 Å². The van der Waals surface area contributed by atoms with Crippen molar-refractivity contribution >= 4 is 0 Å². The summed E-state index contributed by atoms with van der Waals surface area (Å²) in [6, 6.07) is 10.3. The first kappa shape index (κ1) is 13.7. The van der Waals surface area contributed by atoms with E-state index in [1.54, 1.807) is 0 Å². The monoisotopic (exact) mass is 255 g/mol. The van der Waals surface area contributed by atoms with Crippen molar-refractivity contribution in [2.75, 3.05) is 0 Å². The van der Waals surface area contributed by atoms with Crippen LogP contribution >= 0.6 is 0 Å². The van der Waals surface area contributed by atoms with E-state index in [0.717, 1.165) is 22.8 Å². The molecule has 0 fully saturated rings. The minimum absolute atomic E-state index is 0.295. The molecule has 1 heterocycles. The van der Waals surface area contributed by atoms with Crippen LogP contribution < -0.4 is 5.73 Å². The second-order valence-electron chi connectivity index (χ2n) is 5.79. The Morgan fingerprint density at radius 3 is 2.42 bits per heavy atom. The lowest BCUT2D eigenvalue weighted by atomic mass is 10.0. The molecule has 0 saturated carbocycles. The van der Waals surface area contributed by atoms with Gasteiger partial charge in [-0.1, -0.05) is 24.3 Å². The van der Waals surface area contributed by atoms with Gasteiger partial charge in [0, 0.05) is 23.2 Å². The van der Waals surface area contributed by atoms with Crippen molar-refractivity contribution in [1.82, 2.24) is 9.97 Å². The lowest BCUT2D eigenvalue weighted by Crippen LogP contribution is -2.35. The third kappa shape index (κ3) is 3.61. The molecule has 100 valence electrons. The summed E-state index contributed by atoms with van der Waals surface area (Å²) in [5.74, 6) is 0.811. The first-order valence-corrected chi connectivity index (χ1v) is 6.54. The Bertz CT molecular complexity index is 583. The number of benzene rings is 1. The van der Waals surface area contributed by atoms with Crippen molar-refractivity contribution in [1.29, 1.82) is 0 Å². The van der Waals surface area contributed by atoms with Gasteiger partial charge in [0.05, 0.1) is 5.69 Å². The van der Waals surface area contributed by atoms with Crippen LogP contribution in [-0.2, 0) is 6.42 Å². The largest absolute Gasteiger partial charge is 0.325 e. The molecule has 0 spiro atoms. The Morgan fingerprint density at radius 1 is 1.11 bits per heavy atom. The van der Waals surface area contributed by atoms with E-state index in [2.05, 4.69) is 29.0 Å². The van der Waals surface area contributed by atoms with E-state index in [4.69, 9.17) is 5.73 Å². The van der Waals surface area contributed by atoms with Crippen LogP contribution in [0.5, 0.6) is 0 Å². The maximum atomic E-state index is 6.06. The van der Waals surface area contributed by atoms with Crippen LogP contribution in [0.15, 0.2) is 30.3 Å². The Kier molecular flexibility index (Phi) is 3.67. The van der Waals surface area contributed by atoms with E-state index < -0.39 is 0 Å². The summed E-state index contributed by atoms with van der Waals surface area (Å²) in [6.07, 6.45) is 0.674. The van der Waals surface area contributed by atoms with Crippen LogP contribution in [0.1, 0.15) is 30.9 Å². The molecule has 2 aromatic rings. The zero-order valence-electron chi connectivity index (χ0n) is 12.1. The molecule has 0 aliphatic heterocycles. The second kappa shape index (κ2) is 5.10. The van der Waals surface area contributed by atoms with Crippen LogP contribution in [0.4, 0.5) is 0 Å². The Balaban J connectivity index is 2.45. The molecule has 2 rings (SSSR count). The number of aromatic nitrogens is 2. The van der Waals surface area contributed by atoms with Gasteiger partial charge in [0.15, 0.2) is 0 Å². The molecular formula is C16H21N3. The molecule has 0 unspecified atom stereocenters. The molecule has 1 aromatic carbocycles. The number of nitrogens with zero attached hydrogens (tertiary/aromatic N) is 2. The summed E-state index contributed by atoms with van der Waals surface area (Å²) in [5, 5.41) is 0. The average molecular weight is 255 g/mol. The van der Waals surface area contributed by atoms with Gasteiger partial charge in [0.1, 0.15) is 5.82 Å². The molecule has 0 radical (unpaired) electrons. The number of rotatable bonds is 3. The van der Waals surface area contributed by atoms with Gasteiger partial charge in [-0.15, -0.1) is 0 Å². The maximum absolute atomic E-state index is 6.06. The molecule has 2 N–H and O–H groups in total. The molecule has 1 aromatic heterocycles. The molecule has 3 nitrogen and oxygen atoms in total. The van der Waals surface area contributed by atoms with Gasteiger partial charge in [-0.25, -0.2) is 9.97 Å². The lowest BCUT2D eigenvalue weighted by Gasteiger charge is -2.18. The highest BCUT2D eigenvalue weighted by Crippen LogP contribution is 2.22. The highest BCUT2D eigenvalue weighted by molar-refractivity contribution is 5.63. The molecule has 0 atom stereocenters. The van der Waals surface area contributed by atoms with Crippen molar-refractivity contribution in [2.24, 2.45) is 5.73 Å². The quantitative estimate of drug-likeness (QED) is 0.917. The van der Waals surface area contributed by atoms with Crippen LogP contribution in [-0.4, -0.2) is 15.5 Å². The summed E-state index contributed by atoms with van der Waals surface area (Å²) < 4.78 is 0. The first-order chi connectivity index (χ1) is 8.85. The van der Waals surface area contributed by atoms with E-state index in [-0.39, 0.29) is 5.54 Å². The summed E-state index contributed by atoms with van der Waals surface area (Å²) in [7, 11) is 0. The number of aryl methyl sites for hydroxylation is 2. The fraction of sp³-hybridized carbons (Fsp3) is 0.375. The summed E-state index contributed by atoms with van der Waals surface area (Å²) in [5.41, 5.74) is 10.1. The first-order valence-electron chi connectivity index (χ1n) is 6.54. The molecule has 3 heteroatoms. The van der Waals surface area contributed by atoms with Gasteiger partial charge in [0.25, 0.3) is 0 Å². The maximum Gasteiger partial charge on any atom is 0.131 e. The minimum Gasteiger partial charge on any atom is -0.325 e. The zero-order chi connectivity index (χ0) is 14.0. The third-order valence-corrected chi connectivity index (χ3v) is 2.94. The molecule has 0 aliphatic carbocycles. The van der Waals surface area contributed by atoms with Crippen LogP contribution in [0, 0.1) is 13.8 Å². The Morgan fingerprint density at radius 2 is 1.79 bits per heavy atom. The van der Waals surface area contributed by atoms with E-state index in [1.807, 2.05) is 39.0 Å².